The van der Waals surface area contributed by atoms with Crippen molar-refractivity contribution in [2.45, 2.75) is 4.90 Å². The van der Waals surface area contributed by atoms with Crippen molar-refractivity contribution in [1.82, 2.24) is 0 Å². The van der Waals surface area contributed by atoms with Crippen LogP contribution in [-0.2, 0) is 9.05 Å². The van der Waals surface area contributed by atoms with Gasteiger partial charge in [0, 0.05) is 10.7 Å². The lowest BCUT2D eigenvalue weighted by Crippen LogP contribution is -2.06. The molecule has 0 heterocycles. The van der Waals surface area contributed by atoms with Crippen molar-refractivity contribution in [1.29, 1.82) is 0 Å². The number of rotatable bonds is 2. The summed E-state index contributed by atoms with van der Waals surface area (Å²) in [6, 6.07) is 0.438. The smallest absolute Gasteiger partial charge is 0.336 e. The molecule has 88 valence electrons. The van der Waals surface area contributed by atoms with Gasteiger partial charge in [0.15, 0.2) is 11.6 Å². The van der Waals surface area contributed by atoms with Crippen LogP contribution in [0.5, 0.6) is 0 Å². The average molecular weight is 336 g/mol. The first-order valence-corrected chi connectivity index (χ1v) is 6.62. The molecular weight excluding hydrogens is 333 g/mol. The van der Waals surface area contributed by atoms with Crippen LogP contribution < -0.4 is 0 Å². The maximum absolute atomic E-state index is 13.1. The number of carboxylic acid groups (broad SMARTS) is 1. The third-order valence-corrected chi connectivity index (χ3v) is 3.70. The van der Waals surface area contributed by atoms with Crippen molar-refractivity contribution in [2.75, 3.05) is 0 Å². The molecule has 0 atom stereocenters. The first-order chi connectivity index (χ1) is 7.16. The van der Waals surface area contributed by atoms with E-state index in [0.29, 0.717) is 6.07 Å². The van der Waals surface area contributed by atoms with Gasteiger partial charge in [-0.15, -0.1) is 0 Å². The van der Waals surface area contributed by atoms with Crippen LogP contribution in [0, 0.1) is 11.6 Å². The van der Waals surface area contributed by atoms with Gasteiger partial charge < -0.3 is 5.11 Å². The Bertz CT molecular complexity index is 572. The summed E-state index contributed by atoms with van der Waals surface area (Å²) in [6.45, 7) is 0. The van der Waals surface area contributed by atoms with Gasteiger partial charge in [0.25, 0.3) is 9.05 Å². The molecule has 0 saturated heterocycles. The fraction of sp³-hybridized carbons (Fsp3) is 0. The standard InChI is InChI=1S/C7H2BrClF2O4S/c8-4-2(7(12)13)1-3(16(9,14)15)5(10)6(4)11/h1H,(H,12,13). The van der Waals surface area contributed by atoms with E-state index in [4.69, 9.17) is 15.8 Å². The van der Waals surface area contributed by atoms with Crippen molar-refractivity contribution >= 4 is 41.6 Å². The molecule has 1 N–H and O–H groups in total. The molecule has 16 heavy (non-hydrogen) atoms. The maximum Gasteiger partial charge on any atom is 0.336 e. The molecule has 0 radical (unpaired) electrons. The zero-order valence-corrected chi connectivity index (χ0v) is 10.3. The van der Waals surface area contributed by atoms with E-state index in [-0.39, 0.29) is 0 Å². The van der Waals surface area contributed by atoms with E-state index in [1.807, 2.05) is 0 Å². The lowest BCUT2D eigenvalue weighted by atomic mass is 10.2. The normalized spacial score (nSPS) is 11.5. The quantitative estimate of drug-likeness (QED) is 0.665. The molecule has 0 spiro atoms. The van der Waals surface area contributed by atoms with Crippen LogP contribution in [0.15, 0.2) is 15.4 Å². The van der Waals surface area contributed by atoms with Crippen LogP contribution in [0.2, 0.25) is 0 Å². The lowest BCUT2D eigenvalue weighted by molar-refractivity contribution is 0.0694. The molecule has 0 aromatic heterocycles. The molecule has 0 fully saturated rings. The summed E-state index contributed by atoms with van der Waals surface area (Å²) in [5.74, 6) is -4.97. The highest BCUT2D eigenvalue weighted by atomic mass is 79.9. The van der Waals surface area contributed by atoms with Gasteiger partial charge >= 0.3 is 5.97 Å². The molecule has 0 bridgehead atoms. The number of hydrogen-bond donors (Lipinski definition) is 1. The predicted molar refractivity (Wildman–Crippen MR) is 54.1 cm³/mol. The molecule has 0 saturated carbocycles. The molecule has 0 unspecified atom stereocenters. The molecule has 9 heteroatoms. The molecule has 0 aliphatic carbocycles. The Hall–Kier alpha value is -0.730. The highest BCUT2D eigenvalue weighted by Crippen LogP contribution is 2.30. The molecule has 0 aliphatic rings. The van der Waals surface area contributed by atoms with Gasteiger partial charge in [0.2, 0.25) is 0 Å². The molecular formula is C7H2BrClF2O4S. The summed E-state index contributed by atoms with van der Waals surface area (Å²) in [4.78, 5) is 9.39. The number of aromatic carboxylic acids is 1. The summed E-state index contributed by atoms with van der Waals surface area (Å²) >= 11 is 2.50. The van der Waals surface area contributed by atoms with Gasteiger partial charge in [-0.1, -0.05) is 0 Å². The SMILES string of the molecule is O=C(O)c1cc(S(=O)(=O)Cl)c(F)c(F)c1Br. The topological polar surface area (TPSA) is 71.4 Å². The summed E-state index contributed by atoms with van der Waals surface area (Å²) in [6.07, 6.45) is 0. The summed E-state index contributed by atoms with van der Waals surface area (Å²) in [7, 11) is 0.266. The van der Waals surface area contributed by atoms with E-state index in [0.717, 1.165) is 0 Å². The second kappa shape index (κ2) is 4.27. The van der Waals surface area contributed by atoms with E-state index >= 15 is 0 Å². The Balaban J connectivity index is 3.74. The third kappa shape index (κ3) is 2.33. The Labute approximate surface area is 101 Å². The zero-order chi connectivity index (χ0) is 12.7. The first-order valence-electron chi connectivity index (χ1n) is 3.51. The number of carboxylic acids is 1. The summed E-state index contributed by atoms with van der Waals surface area (Å²) < 4.78 is 47.3. The highest BCUT2D eigenvalue weighted by Gasteiger charge is 2.26. The Morgan fingerprint density at radius 1 is 1.38 bits per heavy atom. The second-order valence-corrected chi connectivity index (χ2v) is 5.93. The lowest BCUT2D eigenvalue weighted by Gasteiger charge is -2.05. The summed E-state index contributed by atoms with van der Waals surface area (Å²) in [5, 5.41) is 8.61. The fourth-order valence-corrected chi connectivity index (χ4v) is 2.27. The third-order valence-electron chi connectivity index (χ3n) is 1.61. The minimum absolute atomic E-state index is 0.438. The van der Waals surface area contributed by atoms with Crippen LogP contribution in [0.25, 0.3) is 0 Å². The van der Waals surface area contributed by atoms with Gasteiger partial charge in [-0.2, -0.15) is 0 Å². The predicted octanol–water partition coefficient (Wildman–Crippen LogP) is 2.35. The fourth-order valence-electron chi connectivity index (χ4n) is 0.914. The number of carbonyl (C=O) groups is 1. The average Bonchev–Trinajstić information content (AvgIpc) is 2.11. The van der Waals surface area contributed by atoms with Crippen LogP contribution in [-0.4, -0.2) is 19.5 Å². The largest absolute Gasteiger partial charge is 0.478 e. The van der Waals surface area contributed by atoms with Crippen molar-refractivity contribution in [3.8, 4) is 0 Å². The molecule has 4 nitrogen and oxygen atoms in total. The van der Waals surface area contributed by atoms with Crippen LogP contribution >= 0.6 is 26.6 Å². The van der Waals surface area contributed by atoms with Gasteiger partial charge in [-0.3, -0.25) is 0 Å². The molecule has 0 amide bonds. The van der Waals surface area contributed by atoms with Gasteiger partial charge in [0.1, 0.15) is 4.90 Å². The Kier molecular flexibility index (Phi) is 3.56. The number of halogens is 4. The first kappa shape index (κ1) is 13.3. The Morgan fingerprint density at radius 2 is 1.88 bits per heavy atom. The van der Waals surface area contributed by atoms with Crippen molar-refractivity contribution < 1.29 is 27.1 Å². The summed E-state index contributed by atoms with van der Waals surface area (Å²) in [5.41, 5.74) is -0.738. The maximum atomic E-state index is 13.1. The van der Waals surface area contributed by atoms with Crippen molar-refractivity contribution in [3.63, 3.8) is 0 Å². The van der Waals surface area contributed by atoms with Gasteiger partial charge in [-0.25, -0.2) is 22.0 Å². The van der Waals surface area contributed by atoms with Crippen LogP contribution in [0.1, 0.15) is 10.4 Å². The minimum atomic E-state index is -4.56. The molecule has 1 aromatic carbocycles. The van der Waals surface area contributed by atoms with E-state index in [1.165, 1.54) is 0 Å². The van der Waals surface area contributed by atoms with Crippen LogP contribution in [0.3, 0.4) is 0 Å². The minimum Gasteiger partial charge on any atom is -0.478 e. The zero-order valence-electron chi connectivity index (χ0n) is 7.17. The van der Waals surface area contributed by atoms with Crippen molar-refractivity contribution in [3.05, 3.63) is 27.7 Å². The number of benzene rings is 1. The highest BCUT2D eigenvalue weighted by molar-refractivity contribution is 9.10. The molecule has 0 aliphatic heterocycles. The Morgan fingerprint density at radius 3 is 2.25 bits per heavy atom. The van der Waals surface area contributed by atoms with E-state index in [2.05, 4.69) is 15.9 Å². The van der Waals surface area contributed by atoms with Crippen LogP contribution in [0.4, 0.5) is 8.78 Å². The van der Waals surface area contributed by atoms with E-state index < -0.39 is 41.6 Å². The molecule has 1 aromatic rings. The van der Waals surface area contributed by atoms with E-state index in [1.54, 1.807) is 0 Å². The van der Waals surface area contributed by atoms with E-state index in [9.17, 15) is 22.0 Å². The van der Waals surface area contributed by atoms with Crippen molar-refractivity contribution in [2.24, 2.45) is 0 Å². The molecule has 1 rings (SSSR count). The van der Waals surface area contributed by atoms with Gasteiger partial charge in [-0.05, 0) is 22.0 Å². The monoisotopic (exact) mass is 334 g/mol. The second-order valence-electron chi connectivity index (χ2n) is 2.61. The van der Waals surface area contributed by atoms with Gasteiger partial charge in [0.05, 0.1) is 10.0 Å². The number of hydrogen-bond acceptors (Lipinski definition) is 3.